The van der Waals surface area contributed by atoms with Crippen LogP contribution in [0.3, 0.4) is 0 Å². The van der Waals surface area contributed by atoms with Gasteiger partial charge in [0.2, 0.25) is 0 Å². The van der Waals surface area contributed by atoms with E-state index in [9.17, 15) is 0 Å². The number of rotatable bonds is 4. The minimum atomic E-state index is 0.115. The van der Waals surface area contributed by atoms with Crippen LogP contribution in [0.4, 0.5) is 0 Å². The molecule has 2 nitrogen and oxygen atoms in total. The van der Waals surface area contributed by atoms with Gasteiger partial charge in [0.05, 0.1) is 0 Å². The number of nitriles is 2. The lowest BCUT2D eigenvalue weighted by Gasteiger charge is -2.09. The second-order valence-corrected chi connectivity index (χ2v) is 7.46. The molecule has 1 heterocycles. The first-order valence-electron chi connectivity index (χ1n) is 8.56. The molecule has 0 aliphatic carbocycles. The molecule has 0 aliphatic heterocycles. The second-order valence-electron chi connectivity index (χ2n) is 6.31. The first kappa shape index (κ1) is 18.4. The number of allylic oxidation sites excluding steroid dienone is 1. The van der Waals surface area contributed by atoms with Crippen LogP contribution in [0.1, 0.15) is 32.0 Å². The molecule has 0 bridgehead atoms. The molecule has 0 amide bonds. The summed E-state index contributed by atoms with van der Waals surface area (Å²) in [5.74, 6) is 0. The molecule has 2 aromatic carbocycles. The van der Waals surface area contributed by atoms with Crippen LogP contribution in [-0.4, -0.2) is 0 Å². The topological polar surface area (TPSA) is 47.6 Å². The Labute approximate surface area is 164 Å². The maximum Gasteiger partial charge on any atom is 0.131 e. The van der Waals surface area contributed by atoms with Crippen molar-refractivity contribution in [1.29, 1.82) is 10.5 Å². The molecule has 0 N–H and O–H groups in total. The van der Waals surface area contributed by atoms with E-state index >= 15 is 0 Å². The molecular weight excluding hydrogens is 348 g/mol. The van der Waals surface area contributed by atoms with E-state index in [1.54, 1.807) is 17.4 Å². The van der Waals surface area contributed by atoms with Gasteiger partial charge in [-0.3, -0.25) is 0 Å². The minimum Gasteiger partial charge on any atom is -0.192 e. The fourth-order valence-electron chi connectivity index (χ4n) is 2.70. The van der Waals surface area contributed by atoms with E-state index in [4.69, 9.17) is 10.5 Å². The second kappa shape index (κ2) is 8.32. The zero-order valence-electron chi connectivity index (χ0n) is 15.2. The van der Waals surface area contributed by atoms with Crippen LogP contribution in [0.2, 0.25) is 0 Å². The Morgan fingerprint density at radius 1 is 0.704 bits per heavy atom. The number of aryl methyl sites for hydroxylation is 2. The van der Waals surface area contributed by atoms with Gasteiger partial charge in [-0.1, -0.05) is 59.7 Å². The van der Waals surface area contributed by atoms with E-state index in [1.165, 1.54) is 11.1 Å². The number of benzene rings is 2. The zero-order chi connectivity index (χ0) is 19.2. The summed E-state index contributed by atoms with van der Waals surface area (Å²) in [6, 6.07) is 24.8. The summed E-state index contributed by atoms with van der Waals surface area (Å²) in [5.41, 5.74) is 6.03. The first-order valence-corrected chi connectivity index (χ1v) is 9.38. The molecular formula is C24H18N2S. The Kier molecular flexibility index (Phi) is 5.67. The van der Waals surface area contributed by atoms with E-state index in [1.807, 2.05) is 24.3 Å². The van der Waals surface area contributed by atoms with Crippen molar-refractivity contribution in [2.75, 3.05) is 0 Å². The molecule has 3 aromatic rings. The highest BCUT2D eigenvalue weighted by molar-refractivity contribution is 7.13. The number of nitrogens with zero attached hydrogens (tertiary/aromatic N) is 2. The smallest absolute Gasteiger partial charge is 0.131 e. The van der Waals surface area contributed by atoms with Gasteiger partial charge in [0.25, 0.3) is 0 Å². The van der Waals surface area contributed by atoms with Gasteiger partial charge in [0.1, 0.15) is 17.7 Å². The monoisotopic (exact) mass is 366 g/mol. The number of thiophene rings is 1. The van der Waals surface area contributed by atoms with E-state index in [-0.39, 0.29) is 5.57 Å². The Balaban J connectivity index is 2.06. The molecule has 27 heavy (non-hydrogen) atoms. The van der Waals surface area contributed by atoms with Crippen molar-refractivity contribution < 1.29 is 0 Å². The molecule has 0 aliphatic rings. The first-order chi connectivity index (χ1) is 13.1. The van der Waals surface area contributed by atoms with E-state index in [0.717, 1.165) is 26.5 Å². The lowest BCUT2D eigenvalue weighted by Crippen LogP contribution is -1.88. The predicted molar refractivity (Wildman–Crippen MR) is 113 cm³/mol. The highest BCUT2D eigenvalue weighted by atomic mass is 32.1. The van der Waals surface area contributed by atoms with Crippen LogP contribution in [-0.2, 0) is 0 Å². The SMILES string of the molecule is Cc1ccc(C(=Cc2ccc(C=C(C#N)C#N)s2)c2ccc(C)cc2)cc1. The van der Waals surface area contributed by atoms with Crippen molar-refractivity contribution in [2.45, 2.75) is 13.8 Å². The third-order valence-electron chi connectivity index (χ3n) is 4.19. The molecule has 0 saturated carbocycles. The molecule has 0 atom stereocenters. The van der Waals surface area contributed by atoms with Crippen molar-refractivity contribution >= 4 is 29.1 Å². The lowest BCUT2D eigenvalue weighted by molar-refractivity contribution is 1.43. The molecule has 0 unspecified atom stereocenters. The van der Waals surface area contributed by atoms with Gasteiger partial charge in [0, 0.05) is 9.75 Å². The van der Waals surface area contributed by atoms with Gasteiger partial charge < -0.3 is 0 Å². The van der Waals surface area contributed by atoms with E-state index < -0.39 is 0 Å². The van der Waals surface area contributed by atoms with E-state index in [0.29, 0.717) is 0 Å². The maximum atomic E-state index is 8.93. The fourth-order valence-corrected chi connectivity index (χ4v) is 3.60. The maximum absolute atomic E-state index is 8.93. The van der Waals surface area contributed by atoms with Crippen molar-refractivity contribution in [3.63, 3.8) is 0 Å². The summed E-state index contributed by atoms with van der Waals surface area (Å²) in [5, 5.41) is 17.9. The predicted octanol–water partition coefficient (Wildman–Crippen LogP) is 6.38. The molecule has 3 heteroatoms. The Morgan fingerprint density at radius 2 is 1.15 bits per heavy atom. The molecule has 0 saturated heterocycles. The van der Waals surface area contributed by atoms with Crippen LogP contribution < -0.4 is 0 Å². The highest BCUT2D eigenvalue weighted by Gasteiger charge is 2.07. The van der Waals surface area contributed by atoms with E-state index in [2.05, 4.69) is 68.5 Å². The molecule has 3 rings (SSSR count). The van der Waals surface area contributed by atoms with Gasteiger partial charge in [-0.05, 0) is 54.8 Å². The zero-order valence-corrected chi connectivity index (χ0v) is 16.0. The minimum absolute atomic E-state index is 0.115. The van der Waals surface area contributed by atoms with Gasteiger partial charge in [-0.2, -0.15) is 10.5 Å². The summed E-state index contributed by atoms with van der Waals surface area (Å²) < 4.78 is 0. The lowest BCUT2D eigenvalue weighted by atomic mass is 9.96. The summed E-state index contributed by atoms with van der Waals surface area (Å²) in [4.78, 5) is 1.97. The van der Waals surface area contributed by atoms with Gasteiger partial charge in [-0.15, -0.1) is 11.3 Å². The molecule has 0 fully saturated rings. The van der Waals surface area contributed by atoms with Crippen molar-refractivity contribution in [1.82, 2.24) is 0 Å². The standard InChI is InChI=1S/C24H18N2S/c1-17-3-7-20(8-4-17)24(21-9-5-18(2)6-10-21)14-23-12-11-22(27-23)13-19(15-25)16-26/h3-14H,1-2H3. The highest BCUT2D eigenvalue weighted by Crippen LogP contribution is 2.30. The van der Waals surface area contributed by atoms with Gasteiger partial charge in [-0.25, -0.2) is 0 Å². The fraction of sp³-hybridized carbons (Fsp3) is 0.0833. The largest absolute Gasteiger partial charge is 0.192 e. The number of hydrogen-bond acceptors (Lipinski definition) is 3. The Bertz CT molecular complexity index is 1020. The Morgan fingerprint density at radius 3 is 1.59 bits per heavy atom. The average molecular weight is 366 g/mol. The van der Waals surface area contributed by atoms with Crippen LogP contribution in [0.25, 0.3) is 17.7 Å². The molecule has 0 spiro atoms. The van der Waals surface area contributed by atoms with Crippen molar-refractivity contribution in [2.24, 2.45) is 0 Å². The number of hydrogen-bond donors (Lipinski definition) is 0. The molecule has 0 radical (unpaired) electrons. The van der Waals surface area contributed by atoms with Crippen LogP contribution in [0.15, 0.2) is 66.2 Å². The third kappa shape index (κ3) is 4.61. The van der Waals surface area contributed by atoms with Gasteiger partial charge in [0.15, 0.2) is 0 Å². The van der Waals surface area contributed by atoms with Crippen molar-refractivity contribution in [3.05, 3.63) is 98.2 Å². The average Bonchev–Trinajstić information content (AvgIpc) is 3.13. The van der Waals surface area contributed by atoms with Crippen LogP contribution in [0, 0.1) is 36.5 Å². The molecule has 1 aromatic heterocycles. The quantitative estimate of drug-likeness (QED) is 0.503. The third-order valence-corrected chi connectivity index (χ3v) is 5.17. The molecule has 130 valence electrons. The van der Waals surface area contributed by atoms with Gasteiger partial charge >= 0.3 is 0 Å². The van der Waals surface area contributed by atoms with Crippen LogP contribution in [0.5, 0.6) is 0 Å². The summed E-state index contributed by atoms with van der Waals surface area (Å²) in [6.07, 6.45) is 3.79. The van der Waals surface area contributed by atoms with Crippen LogP contribution >= 0.6 is 11.3 Å². The normalized spacial score (nSPS) is 9.78. The summed E-state index contributed by atoms with van der Waals surface area (Å²) in [7, 11) is 0. The van der Waals surface area contributed by atoms with Crippen molar-refractivity contribution in [3.8, 4) is 12.1 Å². The Hall–Kier alpha value is -3.40. The summed E-state index contributed by atoms with van der Waals surface area (Å²) >= 11 is 1.56. The summed E-state index contributed by atoms with van der Waals surface area (Å²) in [6.45, 7) is 4.16.